The van der Waals surface area contributed by atoms with Gasteiger partial charge in [0.25, 0.3) is 0 Å². The van der Waals surface area contributed by atoms with Crippen molar-refractivity contribution in [2.45, 2.75) is 13.8 Å². The first-order chi connectivity index (χ1) is 6.63. The number of likely N-dealkylation sites (N-methyl/N-ethyl adjacent to an activating group) is 1. The molecule has 0 aliphatic heterocycles. The molecule has 1 aromatic rings. The number of rotatable bonds is 3. The molecule has 1 aromatic carbocycles. The number of aryl methyl sites for hydroxylation is 1. The molecule has 0 bridgehead atoms. The van der Waals surface area contributed by atoms with Gasteiger partial charge in [0.05, 0.1) is 0 Å². The zero-order valence-electron chi connectivity index (χ0n) is 8.89. The van der Waals surface area contributed by atoms with E-state index in [2.05, 4.69) is 18.3 Å². The van der Waals surface area contributed by atoms with Crippen LogP contribution in [0, 0.1) is 12.7 Å². The molecule has 0 saturated carbocycles. The van der Waals surface area contributed by atoms with Gasteiger partial charge < -0.3 is 5.32 Å². The average molecular weight is 193 g/mol. The van der Waals surface area contributed by atoms with Crippen molar-refractivity contribution in [1.29, 1.82) is 0 Å². The van der Waals surface area contributed by atoms with Crippen molar-refractivity contribution in [1.82, 2.24) is 5.32 Å². The Bertz CT molecular complexity index is 342. The molecule has 1 rings (SSSR count). The van der Waals surface area contributed by atoms with Crippen LogP contribution in [-0.2, 0) is 0 Å². The van der Waals surface area contributed by atoms with Crippen molar-refractivity contribution in [3.8, 4) is 0 Å². The smallest absolute Gasteiger partial charge is 0.123 e. The van der Waals surface area contributed by atoms with Gasteiger partial charge in [-0.1, -0.05) is 17.7 Å². The molecule has 0 aromatic heterocycles. The second-order valence-electron chi connectivity index (χ2n) is 3.52. The third-order valence-electron chi connectivity index (χ3n) is 2.09. The van der Waals surface area contributed by atoms with E-state index in [1.807, 2.05) is 20.0 Å². The summed E-state index contributed by atoms with van der Waals surface area (Å²) in [6.07, 6.45) is 2.07. The van der Waals surface area contributed by atoms with E-state index in [4.69, 9.17) is 0 Å². The zero-order valence-corrected chi connectivity index (χ0v) is 8.89. The maximum atomic E-state index is 12.8. The predicted octanol–water partition coefficient (Wildman–Crippen LogP) is 2.76. The summed E-state index contributed by atoms with van der Waals surface area (Å²) in [5.74, 6) is -0.175. The van der Waals surface area contributed by atoms with Crippen LogP contribution in [-0.4, -0.2) is 13.6 Å². The minimum absolute atomic E-state index is 0.175. The lowest BCUT2D eigenvalue weighted by Crippen LogP contribution is -2.08. The molecule has 2 heteroatoms. The van der Waals surface area contributed by atoms with Gasteiger partial charge in [0.1, 0.15) is 5.82 Å². The van der Waals surface area contributed by atoms with Crippen LogP contribution >= 0.6 is 0 Å². The zero-order chi connectivity index (χ0) is 10.6. The summed E-state index contributed by atoms with van der Waals surface area (Å²) in [5.41, 5.74) is 3.29. The average Bonchev–Trinajstić information content (AvgIpc) is 2.10. The number of benzene rings is 1. The van der Waals surface area contributed by atoms with Gasteiger partial charge in [0.2, 0.25) is 0 Å². The molecule has 0 radical (unpaired) electrons. The van der Waals surface area contributed by atoms with Gasteiger partial charge in [-0.2, -0.15) is 0 Å². The molecule has 1 N–H and O–H groups in total. The third-order valence-corrected chi connectivity index (χ3v) is 2.09. The summed E-state index contributed by atoms with van der Waals surface area (Å²) < 4.78 is 12.8. The molecule has 14 heavy (non-hydrogen) atoms. The third kappa shape index (κ3) is 2.96. The summed E-state index contributed by atoms with van der Waals surface area (Å²) >= 11 is 0. The molecule has 1 nitrogen and oxygen atoms in total. The van der Waals surface area contributed by atoms with E-state index in [9.17, 15) is 4.39 Å². The molecule has 0 amide bonds. The first-order valence-electron chi connectivity index (χ1n) is 4.71. The highest BCUT2D eigenvalue weighted by molar-refractivity contribution is 5.56. The standard InChI is InChI=1S/C12H16FN/c1-9(8-14-3)6-11-4-5-12(13)7-10(11)2/h4-7,14H,8H2,1-3H3. The van der Waals surface area contributed by atoms with Gasteiger partial charge in [0, 0.05) is 6.54 Å². The predicted molar refractivity (Wildman–Crippen MR) is 58.7 cm³/mol. The molecule has 0 saturated heterocycles. The van der Waals surface area contributed by atoms with Crippen molar-refractivity contribution < 1.29 is 4.39 Å². The van der Waals surface area contributed by atoms with Gasteiger partial charge in [-0.3, -0.25) is 0 Å². The highest BCUT2D eigenvalue weighted by Gasteiger charge is 1.97. The maximum Gasteiger partial charge on any atom is 0.123 e. The quantitative estimate of drug-likeness (QED) is 0.778. The first-order valence-corrected chi connectivity index (χ1v) is 4.71. The largest absolute Gasteiger partial charge is 0.316 e. The summed E-state index contributed by atoms with van der Waals surface area (Å²) in [6.45, 7) is 4.83. The molecule has 0 spiro atoms. The van der Waals surface area contributed by atoms with Crippen molar-refractivity contribution in [3.63, 3.8) is 0 Å². The van der Waals surface area contributed by atoms with Gasteiger partial charge in [-0.05, 0) is 44.2 Å². The van der Waals surface area contributed by atoms with Crippen LogP contribution in [0.2, 0.25) is 0 Å². The fraction of sp³-hybridized carbons (Fsp3) is 0.333. The Kier molecular flexibility index (Phi) is 3.84. The number of halogens is 1. The van der Waals surface area contributed by atoms with E-state index in [0.29, 0.717) is 0 Å². The van der Waals surface area contributed by atoms with Crippen LogP contribution in [0.3, 0.4) is 0 Å². The van der Waals surface area contributed by atoms with E-state index in [0.717, 1.165) is 17.7 Å². The molecular weight excluding hydrogens is 177 g/mol. The Morgan fingerprint density at radius 2 is 2.21 bits per heavy atom. The minimum Gasteiger partial charge on any atom is -0.316 e. The summed E-state index contributed by atoms with van der Waals surface area (Å²) in [7, 11) is 1.91. The Labute approximate surface area is 84.6 Å². The molecule has 0 aliphatic carbocycles. The molecule has 0 aliphatic rings. The van der Waals surface area contributed by atoms with E-state index >= 15 is 0 Å². The van der Waals surface area contributed by atoms with Crippen LogP contribution in [0.15, 0.2) is 23.8 Å². The lowest BCUT2D eigenvalue weighted by molar-refractivity contribution is 0.626. The molecular formula is C12H16FN. The van der Waals surface area contributed by atoms with Crippen molar-refractivity contribution in [2.24, 2.45) is 0 Å². The fourth-order valence-corrected chi connectivity index (χ4v) is 1.40. The fourth-order valence-electron chi connectivity index (χ4n) is 1.40. The Hall–Kier alpha value is -1.15. The Morgan fingerprint density at radius 3 is 2.79 bits per heavy atom. The molecule has 76 valence electrons. The van der Waals surface area contributed by atoms with E-state index in [-0.39, 0.29) is 5.82 Å². The maximum absolute atomic E-state index is 12.8. The normalized spacial score (nSPS) is 11.9. The van der Waals surface area contributed by atoms with Gasteiger partial charge in [-0.15, -0.1) is 0 Å². The molecule has 0 fully saturated rings. The van der Waals surface area contributed by atoms with Crippen molar-refractivity contribution >= 4 is 6.08 Å². The van der Waals surface area contributed by atoms with Crippen LogP contribution in [0.1, 0.15) is 18.1 Å². The topological polar surface area (TPSA) is 12.0 Å². The lowest BCUT2D eigenvalue weighted by atomic mass is 10.1. The molecule has 0 unspecified atom stereocenters. The van der Waals surface area contributed by atoms with Gasteiger partial charge in [-0.25, -0.2) is 4.39 Å². The van der Waals surface area contributed by atoms with E-state index in [1.165, 1.54) is 11.6 Å². The van der Waals surface area contributed by atoms with E-state index < -0.39 is 0 Å². The minimum atomic E-state index is -0.175. The Balaban J connectivity index is 2.91. The highest BCUT2D eigenvalue weighted by atomic mass is 19.1. The van der Waals surface area contributed by atoms with Crippen LogP contribution in [0.4, 0.5) is 4.39 Å². The second kappa shape index (κ2) is 4.91. The SMILES string of the molecule is CNCC(C)=Cc1ccc(F)cc1C. The number of hydrogen-bond donors (Lipinski definition) is 1. The number of hydrogen-bond acceptors (Lipinski definition) is 1. The first kappa shape index (κ1) is 10.9. The second-order valence-corrected chi connectivity index (χ2v) is 3.52. The summed E-state index contributed by atoms with van der Waals surface area (Å²) in [6, 6.07) is 4.85. The summed E-state index contributed by atoms with van der Waals surface area (Å²) in [4.78, 5) is 0. The van der Waals surface area contributed by atoms with Crippen LogP contribution < -0.4 is 5.32 Å². The van der Waals surface area contributed by atoms with Crippen LogP contribution in [0.25, 0.3) is 6.08 Å². The van der Waals surface area contributed by atoms with Crippen molar-refractivity contribution in [2.75, 3.05) is 13.6 Å². The van der Waals surface area contributed by atoms with Crippen LogP contribution in [0.5, 0.6) is 0 Å². The summed E-state index contributed by atoms with van der Waals surface area (Å²) in [5, 5.41) is 3.08. The molecule has 0 atom stereocenters. The van der Waals surface area contributed by atoms with Gasteiger partial charge in [0.15, 0.2) is 0 Å². The number of nitrogens with one attached hydrogen (secondary N) is 1. The monoisotopic (exact) mass is 193 g/mol. The lowest BCUT2D eigenvalue weighted by Gasteiger charge is -2.03. The highest BCUT2D eigenvalue weighted by Crippen LogP contribution is 2.13. The van der Waals surface area contributed by atoms with E-state index in [1.54, 1.807) is 6.07 Å². The Morgan fingerprint density at radius 1 is 1.50 bits per heavy atom. The molecule has 0 heterocycles. The van der Waals surface area contributed by atoms with Crippen molar-refractivity contribution in [3.05, 3.63) is 40.7 Å². The van der Waals surface area contributed by atoms with Gasteiger partial charge >= 0.3 is 0 Å².